The van der Waals surface area contributed by atoms with E-state index in [2.05, 4.69) is 34.6 Å². The molecular formula is C30H23F2N3O2. The van der Waals surface area contributed by atoms with Crippen LogP contribution in [0.5, 0.6) is 0 Å². The highest BCUT2D eigenvalue weighted by molar-refractivity contribution is 5.80. The van der Waals surface area contributed by atoms with Crippen LogP contribution in [0.25, 0.3) is 27.8 Å². The lowest BCUT2D eigenvalue weighted by Crippen LogP contribution is -2.30. The summed E-state index contributed by atoms with van der Waals surface area (Å²) in [5.74, 6) is -0.383. The van der Waals surface area contributed by atoms with Crippen molar-refractivity contribution in [3.8, 4) is 16.8 Å². The molecular weight excluding hydrogens is 472 g/mol. The fraction of sp³-hybridized carbons (Fsp3) is 0.133. The summed E-state index contributed by atoms with van der Waals surface area (Å²) in [4.78, 5) is 17.5. The number of rotatable bonds is 5. The van der Waals surface area contributed by atoms with E-state index in [0.29, 0.717) is 22.5 Å². The molecule has 1 heterocycles. The van der Waals surface area contributed by atoms with E-state index in [4.69, 9.17) is 4.74 Å². The van der Waals surface area contributed by atoms with Crippen LogP contribution in [0.3, 0.4) is 0 Å². The minimum absolute atomic E-state index is 0.0554. The van der Waals surface area contributed by atoms with Crippen molar-refractivity contribution >= 4 is 17.1 Å². The number of benzene rings is 4. The number of alkyl carbamates (subject to hydrolysis) is 1. The summed E-state index contributed by atoms with van der Waals surface area (Å²) in [5.41, 5.74) is 6.24. The molecule has 0 spiro atoms. The molecule has 5 aromatic rings. The quantitative estimate of drug-likeness (QED) is 0.288. The average molecular weight is 496 g/mol. The second-order valence-electron chi connectivity index (χ2n) is 9.11. The Morgan fingerprint density at radius 3 is 2.22 bits per heavy atom. The summed E-state index contributed by atoms with van der Waals surface area (Å²) < 4.78 is 35.1. The van der Waals surface area contributed by atoms with Gasteiger partial charge >= 0.3 is 6.09 Å². The normalized spacial score (nSPS) is 13.3. The topological polar surface area (TPSA) is 56.1 Å². The summed E-state index contributed by atoms with van der Waals surface area (Å²) in [7, 11) is 0. The number of nitrogens with one attached hydrogen (secondary N) is 1. The van der Waals surface area contributed by atoms with Gasteiger partial charge in [0.2, 0.25) is 0 Å². The second kappa shape index (κ2) is 9.17. The first-order valence-corrected chi connectivity index (χ1v) is 12.0. The highest BCUT2D eigenvalue weighted by Crippen LogP contribution is 2.44. The van der Waals surface area contributed by atoms with Gasteiger partial charge in [-0.2, -0.15) is 0 Å². The highest BCUT2D eigenvalue weighted by atomic mass is 19.1. The molecule has 0 aliphatic heterocycles. The van der Waals surface area contributed by atoms with E-state index in [0.717, 1.165) is 22.3 Å². The summed E-state index contributed by atoms with van der Waals surface area (Å²) in [5, 5.41) is 2.85. The first kappa shape index (κ1) is 22.9. The van der Waals surface area contributed by atoms with Crippen molar-refractivity contribution in [3.05, 3.63) is 120 Å². The molecule has 184 valence electrons. The molecule has 0 bridgehead atoms. The number of halogens is 2. The third-order valence-electron chi connectivity index (χ3n) is 6.79. The largest absolute Gasteiger partial charge is 0.449 e. The molecule has 37 heavy (non-hydrogen) atoms. The van der Waals surface area contributed by atoms with Crippen LogP contribution in [0, 0.1) is 11.6 Å². The SMILES string of the molecule is C[C@H](NC(=O)OCC1c2ccccc2-c2ccccc21)c1nc2ccc(F)cc2n1-c1ccc(F)cc1. The van der Waals surface area contributed by atoms with E-state index in [1.54, 1.807) is 29.7 Å². The number of ether oxygens (including phenoxy) is 1. The molecule has 0 unspecified atom stereocenters. The van der Waals surface area contributed by atoms with Crippen molar-refractivity contribution in [2.75, 3.05) is 6.61 Å². The van der Waals surface area contributed by atoms with Crippen LogP contribution in [-0.2, 0) is 4.74 Å². The van der Waals surface area contributed by atoms with Gasteiger partial charge in [-0.3, -0.25) is 4.57 Å². The van der Waals surface area contributed by atoms with Gasteiger partial charge in [-0.1, -0.05) is 48.5 Å². The van der Waals surface area contributed by atoms with Gasteiger partial charge in [0.05, 0.1) is 17.1 Å². The van der Waals surface area contributed by atoms with Crippen LogP contribution in [0.1, 0.15) is 35.8 Å². The van der Waals surface area contributed by atoms with Crippen molar-refractivity contribution in [1.82, 2.24) is 14.9 Å². The third-order valence-corrected chi connectivity index (χ3v) is 6.79. The van der Waals surface area contributed by atoms with Crippen molar-refractivity contribution in [3.63, 3.8) is 0 Å². The molecule has 1 aliphatic rings. The van der Waals surface area contributed by atoms with Crippen LogP contribution >= 0.6 is 0 Å². The summed E-state index contributed by atoms with van der Waals surface area (Å²) in [6, 6.07) is 25.8. The second-order valence-corrected chi connectivity index (χ2v) is 9.11. The van der Waals surface area contributed by atoms with Crippen LogP contribution in [0.2, 0.25) is 0 Å². The van der Waals surface area contributed by atoms with Gasteiger partial charge in [0.15, 0.2) is 0 Å². The fourth-order valence-electron chi connectivity index (χ4n) is 5.10. The van der Waals surface area contributed by atoms with Gasteiger partial charge < -0.3 is 10.1 Å². The standard InChI is InChI=1S/C30H23F2N3O2/c1-18(29-34-27-15-12-20(32)16-28(27)35(29)21-13-10-19(31)11-14-21)33-30(36)37-17-26-24-8-4-2-6-22(24)23-7-3-5-9-25(23)26/h2-16,18,26H,17H2,1H3,(H,33,36)/t18-/m0/s1. The van der Waals surface area contributed by atoms with Crippen molar-refractivity contribution in [1.29, 1.82) is 0 Å². The maximum atomic E-state index is 14.1. The maximum Gasteiger partial charge on any atom is 0.407 e. The lowest BCUT2D eigenvalue weighted by atomic mass is 9.98. The van der Waals surface area contributed by atoms with Crippen LogP contribution in [0.4, 0.5) is 13.6 Å². The molecule has 1 N–H and O–H groups in total. The molecule has 0 saturated heterocycles. The zero-order valence-electron chi connectivity index (χ0n) is 20.0. The smallest absolute Gasteiger partial charge is 0.407 e. The lowest BCUT2D eigenvalue weighted by molar-refractivity contribution is 0.139. The lowest BCUT2D eigenvalue weighted by Gasteiger charge is -2.18. The number of carbonyl (C=O) groups is 1. The summed E-state index contributed by atoms with van der Waals surface area (Å²) in [6.45, 7) is 1.96. The van der Waals surface area contributed by atoms with E-state index < -0.39 is 18.0 Å². The zero-order valence-corrected chi connectivity index (χ0v) is 20.0. The van der Waals surface area contributed by atoms with E-state index in [1.807, 2.05) is 24.3 Å². The van der Waals surface area contributed by atoms with Gasteiger partial charge in [0.1, 0.15) is 24.1 Å². The third kappa shape index (κ3) is 4.12. The minimum Gasteiger partial charge on any atom is -0.449 e. The molecule has 1 atom stereocenters. The number of hydrogen-bond donors (Lipinski definition) is 1. The Morgan fingerprint density at radius 1 is 0.919 bits per heavy atom. The Kier molecular flexibility index (Phi) is 5.68. The first-order chi connectivity index (χ1) is 18.0. The maximum absolute atomic E-state index is 14.1. The monoisotopic (exact) mass is 495 g/mol. The number of amides is 1. The first-order valence-electron chi connectivity index (χ1n) is 12.0. The number of imidazole rings is 1. The van der Waals surface area contributed by atoms with Gasteiger partial charge in [-0.15, -0.1) is 0 Å². The van der Waals surface area contributed by atoms with Crippen LogP contribution in [-0.4, -0.2) is 22.3 Å². The summed E-state index contributed by atoms with van der Waals surface area (Å²) >= 11 is 0. The van der Waals surface area contributed by atoms with Gasteiger partial charge in [-0.25, -0.2) is 18.6 Å². The van der Waals surface area contributed by atoms with E-state index in [9.17, 15) is 13.6 Å². The Balaban J connectivity index is 1.24. The molecule has 6 rings (SSSR count). The van der Waals surface area contributed by atoms with Crippen LogP contribution < -0.4 is 5.32 Å². The van der Waals surface area contributed by atoms with E-state index >= 15 is 0 Å². The Labute approximate surface area is 212 Å². The average Bonchev–Trinajstić information content (AvgIpc) is 3.44. The van der Waals surface area contributed by atoms with Gasteiger partial charge in [0.25, 0.3) is 0 Å². The minimum atomic E-state index is -0.585. The van der Waals surface area contributed by atoms with Gasteiger partial charge in [0, 0.05) is 17.7 Å². The number of carbonyl (C=O) groups excluding carboxylic acids is 1. The molecule has 4 aromatic carbocycles. The molecule has 0 radical (unpaired) electrons. The van der Waals surface area contributed by atoms with E-state index in [-0.39, 0.29) is 18.3 Å². The summed E-state index contributed by atoms with van der Waals surface area (Å²) in [6.07, 6.45) is -0.585. The van der Waals surface area contributed by atoms with Crippen LogP contribution in [0.15, 0.2) is 91.0 Å². The molecule has 5 nitrogen and oxygen atoms in total. The number of hydrogen-bond acceptors (Lipinski definition) is 3. The molecule has 7 heteroatoms. The Morgan fingerprint density at radius 2 is 1.54 bits per heavy atom. The van der Waals surface area contributed by atoms with Crippen molar-refractivity contribution in [2.24, 2.45) is 0 Å². The number of fused-ring (bicyclic) bond motifs is 4. The predicted octanol–water partition coefficient (Wildman–Crippen LogP) is 6.90. The Bertz CT molecular complexity index is 1580. The molecule has 1 aliphatic carbocycles. The molecule has 0 fully saturated rings. The molecule has 1 aromatic heterocycles. The fourth-order valence-corrected chi connectivity index (χ4v) is 5.10. The highest BCUT2D eigenvalue weighted by Gasteiger charge is 2.29. The number of aromatic nitrogens is 2. The molecule has 0 saturated carbocycles. The number of nitrogens with zero attached hydrogens (tertiary/aromatic N) is 2. The molecule has 1 amide bonds. The zero-order chi connectivity index (χ0) is 25.5. The van der Waals surface area contributed by atoms with Crippen molar-refractivity contribution < 1.29 is 18.3 Å². The van der Waals surface area contributed by atoms with Crippen molar-refractivity contribution in [2.45, 2.75) is 18.9 Å². The predicted molar refractivity (Wildman–Crippen MR) is 138 cm³/mol. The van der Waals surface area contributed by atoms with Gasteiger partial charge in [-0.05, 0) is 65.6 Å². The Hall–Kier alpha value is -4.52. The van der Waals surface area contributed by atoms with E-state index in [1.165, 1.54) is 24.3 Å².